The summed E-state index contributed by atoms with van der Waals surface area (Å²) < 4.78 is 6.71. The Morgan fingerprint density at radius 3 is 2.31 bits per heavy atom. The lowest BCUT2D eigenvalue weighted by Gasteiger charge is -2.30. The van der Waals surface area contributed by atoms with Crippen molar-refractivity contribution in [2.24, 2.45) is 11.7 Å². The minimum absolute atomic E-state index is 0.113. The summed E-state index contributed by atoms with van der Waals surface area (Å²) in [7, 11) is 1.58. The molecular formula is C26H25N5O4. The molecule has 0 unspecified atom stereocenters. The second kappa shape index (κ2) is 7.97. The number of aromatic nitrogens is 2. The molecule has 9 nitrogen and oxygen atoms in total. The summed E-state index contributed by atoms with van der Waals surface area (Å²) in [4.78, 5) is 42.0. The van der Waals surface area contributed by atoms with Gasteiger partial charge in [-0.15, -0.1) is 0 Å². The molecule has 2 atom stereocenters. The number of hydrogen-bond acceptors (Lipinski definition) is 5. The van der Waals surface area contributed by atoms with Gasteiger partial charge in [0.1, 0.15) is 11.4 Å². The van der Waals surface area contributed by atoms with Crippen LogP contribution in [0.25, 0.3) is 5.69 Å². The molecule has 2 N–H and O–H groups in total. The summed E-state index contributed by atoms with van der Waals surface area (Å²) in [6.07, 6.45) is 3.41. The van der Waals surface area contributed by atoms with Gasteiger partial charge in [0.15, 0.2) is 5.69 Å². The first-order valence-corrected chi connectivity index (χ1v) is 11.8. The second-order valence-electron chi connectivity index (χ2n) is 9.25. The highest BCUT2D eigenvalue weighted by Gasteiger charge is 2.45. The van der Waals surface area contributed by atoms with Crippen molar-refractivity contribution in [3.63, 3.8) is 0 Å². The zero-order valence-corrected chi connectivity index (χ0v) is 19.3. The zero-order valence-electron chi connectivity index (χ0n) is 19.3. The molecule has 178 valence electrons. The van der Waals surface area contributed by atoms with Crippen molar-refractivity contribution in [3.05, 3.63) is 65.5 Å². The normalized spacial score (nSPS) is 20.9. The molecule has 1 saturated carbocycles. The maximum atomic E-state index is 13.7. The molecule has 3 amide bonds. The van der Waals surface area contributed by atoms with Gasteiger partial charge < -0.3 is 20.3 Å². The topological polar surface area (TPSA) is 111 Å². The van der Waals surface area contributed by atoms with Crippen LogP contribution in [0.5, 0.6) is 5.75 Å². The van der Waals surface area contributed by atoms with Gasteiger partial charge in [-0.25, -0.2) is 4.68 Å². The number of carbonyl (C=O) groups excluding carboxylic acids is 3. The van der Waals surface area contributed by atoms with Gasteiger partial charge in [-0.3, -0.25) is 14.4 Å². The van der Waals surface area contributed by atoms with Gasteiger partial charge in [-0.05, 0) is 74.2 Å². The Morgan fingerprint density at radius 1 is 1.00 bits per heavy atom. The molecular weight excluding hydrogens is 446 g/mol. The molecule has 9 heteroatoms. The summed E-state index contributed by atoms with van der Waals surface area (Å²) in [5.41, 5.74) is 8.81. The number of nitrogens with zero attached hydrogens (tertiary/aromatic N) is 4. The van der Waals surface area contributed by atoms with E-state index in [1.807, 2.05) is 29.2 Å². The number of fused-ring (bicyclic) bond motifs is 3. The lowest BCUT2D eigenvalue weighted by Crippen LogP contribution is -2.39. The summed E-state index contributed by atoms with van der Waals surface area (Å²) >= 11 is 0. The van der Waals surface area contributed by atoms with E-state index in [2.05, 4.69) is 5.10 Å². The quantitative estimate of drug-likeness (QED) is 0.615. The standard InChI is InChI=1S/C26H25N5O4/c1-35-20-10-8-18(9-11-20)31-23-21(22(28-31)24(27)32)12-13-29(26(23)34)16-4-6-17(7-5-16)30-19-3-2-15(14-19)25(30)33/h4-11,15,19H,2-3,12-14H2,1H3,(H2,27,32)/t15-,19-/m0/s1. The van der Waals surface area contributed by atoms with Gasteiger partial charge in [0.2, 0.25) is 5.91 Å². The molecule has 1 aromatic heterocycles. The average molecular weight is 472 g/mol. The van der Waals surface area contributed by atoms with E-state index in [0.29, 0.717) is 35.7 Å². The number of methoxy groups -OCH3 is 1. The van der Waals surface area contributed by atoms with Crippen molar-refractivity contribution in [1.82, 2.24) is 9.78 Å². The van der Waals surface area contributed by atoms with Crippen LogP contribution in [0.2, 0.25) is 0 Å². The highest BCUT2D eigenvalue weighted by atomic mass is 16.5. The van der Waals surface area contributed by atoms with Crippen LogP contribution in [0.1, 0.15) is 45.8 Å². The smallest absolute Gasteiger partial charge is 0.277 e. The third-order valence-corrected chi connectivity index (χ3v) is 7.36. The monoisotopic (exact) mass is 471 g/mol. The third kappa shape index (κ3) is 3.30. The summed E-state index contributed by atoms with van der Waals surface area (Å²) in [6, 6.07) is 14.9. The lowest BCUT2D eigenvalue weighted by molar-refractivity contribution is -0.121. The number of benzene rings is 2. The number of anilines is 2. The largest absolute Gasteiger partial charge is 0.497 e. The molecule has 2 aromatic carbocycles. The maximum Gasteiger partial charge on any atom is 0.277 e. The fraction of sp³-hybridized carbons (Fsp3) is 0.308. The molecule has 3 aromatic rings. The summed E-state index contributed by atoms with van der Waals surface area (Å²) in [5.74, 6) is 0.104. The van der Waals surface area contributed by atoms with Crippen LogP contribution in [0.4, 0.5) is 11.4 Å². The lowest BCUT2D eigenvalue weighted by atomic mass is 10.0. The summed E-state index contributed by atoms with van der Waals surface area (Å²) in [5, 5.41) is 4.40. The first-order valence-electron chi connectivity index (χ1n) is 11.8. The second-order valence-corrected chi connectivity index (χ2v) is 9.25. The molecule has 1 aliphatic carbocycles. The minimum atomic E-state index is -0.663. The Hall–Kier alpha value is -4.14. The highest BCUT2D eigenvalue weighted by molar-refractivity contribution is 6.09. The Balaban J connectivity index is 1.34. The Bertz CT molecular complexity index is 1350. The van der Waals surface area contributed by atoms with Gasteiger partial charge in [0.05, 0.1) is 12.8 Å². The third-order valence-electron chi connectivity index (χ3n) is 7.36. The van der Waals surface area contributed by atoms with Gasteiger partial charge in [0.25, 0.3) is 11.8 Å². The van der Waals surface area contributed by atoms with Crippen molar-refractivity contribution < 1.29 is 19.1 Å². The molecule has 2 fully saturated rings. The number of nitrogens with two attached hydrogens (primary N) is 1. The van der Waals surface area contributed by atoms with Crippen LogP contribution in [0, 0.1) is 5.92 Å². The molecule has 0 spiro atoms. The number of amides is 3. The molecule has 1 saturated heterocycles. The molecule has 6 rings (SSSR count). The van der Waals surface area contributed by atoms with Crippen molar-refractivity contribution >= 4 is 29.1 Å². The Morgan fingerprint density at radius 2 is 1.69 bits per heavy atom. The predicted octanol–water partition coefficient (Wildman–Crippen LogP) is 2.70. The highest BCUT2D eigenvalue weighted by Crippen LogP contribution is 2.41. The van der Waals surface area contributed by atoms with Crippen molar-refractivity contribution in [3.8, 4) is 11.4 Å². The minimum Gasteiger partial charge on any atom is -0.497 e. The predicted molar refractivity (Wildman–Crippen MR) is 129 cm³/mol. The number of carbonyl (C=O) groups is 3. The van der Waals surface area contributed by atoms with E-state index in [4.69, 9.17) is 10.5 Å². The van der Waals surface area contributed by atoms with Crippen molar-refractivity contribution in [2.75, 3.05) is 23.5 Å². The fourth-order valence-corrected chi connectivity index (χ4v) is 5.64. The summed E-state index contributed by atoms with van der Waals surface area (Å²) in [6.45, 7) is 0.396. The van der Waals surface area contributed by atoms with Gasteiger partial charge >= 0.3 is 0 Å². The van der Waals surface area contributed by atoms with E-state index in [-0.39, 0.29) is 29.5 Å². The van der Waals surface area contributed by atoms with Crippen LogP contribution >= 0.6 is 0 Å². The zero-order chi connectivity index (χ0) is 24.3. The van der Waals surface area contributed by atoms with Crippen molar-refractivity contribution in [1.29, 1.82) is 0 Å². The van der Waals surface area contributed by atoms with E-state index in [1.165, 1.54) is 4.68 Å². The van der Waals surface area contributed by atoms with Gasteiger partial charge in [-0.2, -0.15) is 5.10 Å². The first-order chi connectivity index (χ1) is 17.0. The van der Waals surface area contributed by atoms with Crippen molar-refractivity contribution in [2.45, 2.75) is 31.7 Å². The Labute approximate surface area is 202 Å². The van der Waals surface area contributed by atoms with E-state index < -0.39 is 5.91 Å². The van der Waals surface area contributed by atoms with Crippen LogP contribution in [-0.4, -0.2) is 47.2 Å². The average Bonchev–Trinajstić information content (AvgIpc) is 3.58. The molecule has 2 aliphatic heterocycles. The number of primary amides is 1. The molecule has 3 heterocycles. The van der Waals surface area contributed by atoms with E-state index in [9.17, 15) is 14.4 Å². The Kier molecular flexibility index (Phi) is 4.87. The van der Waals surface area contributed by atoms with Crippen LogP contribution in [0.3, 0.4) is 0 Å². The molecule has 3 aliphatic rings. The van der Waals surface area contributed by atoms with E-state index in [0.717, 1.165) is 30.6 Å². The first kappa shape index (κ1) is 21.4. The molecule has 0 radical (unpaired) electrons. The fourth-order valence-electron chi connectivity index (χ4n) is 5.64. The van der Waals surface area contributed by atoms with Crippen LogP contribution in [-0.2, 0) is 11.2 Å². The van der Waals surface area contributed by atoms with Gasteiger partial charge in [0, 0.05) is 35.4 Å². The van der Waals surface area contributed by atoms with Gasteiger partial charge in [-0.1, -0.05) is 0 Å². The maximum absolute atomic E-state index is 13.7. The number of hydrogen-bond donors (Lipinski definition) is 1. The van der Waals surface area contributed by atoms with E-state index >= 15 is 0 Å². The number of piperidine rings is 1. The number of rotatable bonds is 5. The van der Waals surface area contributed by atoms with Crippen LogP contribution < -0.4 is 20.3 Å². The van der Waals surface area contributed by atoms with Crippen LogP contribution in [0.15, 0.2) is 48.5 Å². The molecule has 2 bridgehead atoms. The molecule has 35 heavy (non-hydrogen) atoms. The SMILES string of the molecule is COc1ccc(-n2nc(C(N)=O)c3c2C(=O)N(c2ccc(N4C(=O)[C@H]5CC[C@H]4C5)cc2)CC3)cc1. The number of ether oxygens (including phenoxy) is 1. The van der Waals surface area contributed by atoms with E-state index in [1.54, 1.807) is 36.3 Å².